The largest absolute Gasteiger partial charge is 0.493 e. The van der Waals surface area contributed by atoms with E-state index in [1.165, 1.54) is 7.11 Å². The van der Waals surface area contributed by atoms with E-state index < -0.39 is 18.3 Å². The van der Waals surface area contributed by atoms with Crippen molar-refractivity contribution in [1.29, 1.82) is 0 Å². The fourth-order valence-corrected chi connectivity index (χ4v) is 5.51. The van der Waals surface area contributed by atoms with Crippen LogP contribution in [0.2, 0.25) is 5.02 Å². The van der Waals surface area contributed by atoms with E-state index in [1.54, 1.807) is 19.1 Å². The fraction of sp³-hybridized carbons (Fsp3) is 0.379. The second-order valence-corrected chi connectivity index (χ2v) is 10.1. The Morgan fingerprint density at radius 3 is 2.59 bits per heavy atom. The number of methoxy groups -OCH3 is 3. The highest BCUT2D eigenvalue weighted by atomic mass is 35.5. The lowest BCUT2D eigenvalue weighted by Crippen LogP contribution is -2.53. The van der Waals surface area contributed by atoms with Gasteiger partial charge in [0, 0.05) is 41.9 Å². The van der Waals surface area contributed by atoms with Crippen molar-refractivity contribution in [2.24, 2.45) is 5.92 Å². The number of ether oxygens (including phenoxy) is 4. The predicted octanol–water partition coefficient (Wildman–Crippen LogP) is 4.08. The molecule has 10 heteroatoms. The van der Waals surface area contributed by atoms with Crippen LogP contribution in [0.4, 0.5) is 0 Å². The Morgan fingerprint density at radius 1 is 1.08 bits per heavy atom. The Bertz CT molecular complexity index is 1370. The average Bonchev–Trinajstić information content (AvgIpc) is 3.35. The van der Waals surface area contributed by atoms with Crippen molar-refractivity contribution >= 4 is 23.5 Å². The summed E-state index contributed by atoms with van der Waals surface area (Å²) in [7, 11) is 4.49. The molecule has 1 saturated heterocycles. The molecule has 2 aromatic carbocycles. The van der Waals surface area contributed by atoms with Gasteiger partial charge in [0.25, 0.3) is 0 Å². The highest BCUT2D eigenvalue weighted by Gasteiger charge is 2.38. The van der Waals surface area contributed by atoms with Crippen molar-refractivity contribution in [3.63, 3.8) is 0 Å². The van der Waals surface area contributed by atoms with E-state index in [4.69, 9.17) is 30.5 Å². The lowest BCUT2D eigenvalue weighted by atomic mass is 9.97. The van der Waals surface area contributed by atoms with Gasteiger partial charge in [-0.15, -0.1) is 0 Å². The first-order valence-corrected chi connectivity index (χ1v) is 13.1. The molecule has 1 amide bonds. The van der Waals surface area contributed by atoms with Crippen LogP contribution in [-0.4, -0.2) is 67.0 Å². The molecule has 0 saturated carbocycles. The number of nitrogens with zero attached hydrogens (tertiary/aromatic N) is 2. The normalized spacial score (nSPS) is 19.3. The summed E-state index contributed by atoms with van der Waals surface area (Å²) in [6, 6.07) is 15.1. The number of fused-ring (bicyclic) bond motifs is 3. The summed E-state index contributed by atoms with van der Waals surface area (Å²) >= 11 is 6.45. The molecule has 0 spiro atoms. The second-order valence-electron chi connectivity index (χ2n) is 9.71. The number of aliphatic hydroxyl groups excluding tert-OH is 1. The Hall–Kier alpha value is -3.53. The molecule has 5 rings (SSSR count). The maximum Gasteiger partial charge on any atom is 0.312 e. The summed E-state index contributed by atoms with van der Waals surface area (Å²) in [5, 5.41) is 11.6. The van der Waals surface area contributed by atoms with Crippen LogP contribution in [0.15, 0.2) is 54.7 Å². The molecule has 0 radical (unpaired) electrons. The first-order valence-electron chi connectivity index (χ1n) is 12.7. The predicted molar refractivity (Wildman–Crippen MR) is 143 cm³/mol. The second kappa shape index (κ2) is 11.3. The first kappa shape index (κ1) is 27.1. The summed E-state index contributed by atoms with van der Waals surface area (Å²) in [5.41, 5.74) is 3.30. The van der Waals surface area contributed by atoms with E-state index in [2.05, 4.69) is 0 Å². The molecule has 2 aliphatic rings. The summed E-state index contributed by atoms with van der Waals surface area (Å²) < 4.78 is 24.8. The summed E-state index contributed by atoms with van der Waals surface area (Å²) in [6.45, 7) is 0.601. The van der Waals surface area contributed by atoms with E-state index in [1.807, 2.05) is 59.3 Å². The van der Waals surface area contributed by atoms with Crippen LogP contribution in [0.25, 0.3) is 5.69 Å². The average molecular weight is 555 g/mol. The van der Waals surface area contributed by atoms with E-state index >= 15 is 0 Å². The first-order chi connectivity index (χ1) is 18.8. The number of hydrogen-bond donors (Lipinski definition) is 1. The molecule has 3 heterocycles. The molecule has 1 N–H and O–H groups in total. The number of carbonyl (C=O) groups excluding carboxylic acids is 2. The van der Waals surface area contributed by atoms with Crippen molar-refractivity contribution in [3.8, 4) is 17.2 Å². The minimum absolute atomic E-state index is 0.0830. The van der Waals surface area contributed by atoms with Gasteiger partial charge in [0.1, 0.15) is 12.2 Å². The fourth-order valence-electron chi connectivity index (χ4n) is 5.33. The van der Waals surface area contributed by atoms with Crippen LogP contribution in [-0.2, 0) is 19.1 Å². The number of hydrogen-bond acceptors (Lipinski definition) is 7. The molecule has 39 heavy (non-hydrogen) atoms. The number of amides is 1. The molecule has 9 nitrogen and oxygen atoms in total. The lowest BCUT2D eigenvalue weighted by molar-refractivity contribution is -0.156. The molecule has 0 bridgehead atoms. The summed E-state index contributed by atoms with van der Waals surface area (Å²) in [4.78, 5) is 26.0. The third kappa shape index (κ3) is 5.22. The Kier molecular flexibility index (Phi) is 7.83. The van der Waals surface area contributed by atoms with Crippen molar-refractivity contribution in [3.05, 3.63) is 76.6 Å². The van der Waals surface area contributed by atoms with Crippen LogP contribution in [0, 0.1) is 5.92 Å². The van der Waals surface area contributed by atoms with E-state index in [0.717, 1.165) is 22.5 Å². The number of carbonyl (C=O) groups is 2. The standard InChI is InChI=1S/C29H31ClN2O7/c1-36-24-8-4-6-20(28(24)37-2)27-21-12-18(30)9-10-22(21)32-11-5-7-23(32)25(39-27)13-19(33)14-26(34)31-15-17(16-31)29(35)38-3/h4-12,17,19,25,27,33H,13-16H2,1-3H3/t19?,25-,27?/m1/s1. The van der Waals surface area contributed by atoms with E-state index in [0.29, 0.717) is 29.6 Å². The highest BCUT2D eigenvalue weighted by Crippen LogP contribution is 2.46. The molecular formula is C29H31ClN2O7. The molecule has 206 valence electrons. The quantitative estimate of drug-likeness (QED) is 0.419. The van der Waals surface area contributed by atoms with Crippen LogP contribution >= 0.6 is 11.6 Å². The van der Waals surface area contributed by atoms with E-state index in [-0.39, 0.29) is 30.6 Å². The number of likely N-dealkylation sites (tertiary alicyclic amines) is 1. The SMILES string of the molecule is COC(=O)C1CN(C(=O)CC(O)C[C@H]2OC(c3cccc(OC)c3OC)c3cc(Cl)ccc3-n3cccc32)C1. The minimum Gasteiger partial charge on any atom is -0.493 e. The van der Waals surface area contributed by atoms with Gasteiger partial charge in [0.15, 0.2) is 11.5 Å². The van der Waals surface area contributed by atoms with Crippen LogP contribution in [0.1, 0.15) is 41.9 Å². The third-order valence-electron chi connectivity index (χ3n) is 7.32. The number of benzene rings is 2. The maximum absolute atomic E-state index is 12.8. The van der Waals surface area contributed by atoms with Gasteiger partial charge in [-0.05, 0) is 36.4 Å². The lowest BCUT2D eigenvalue weighted by Gasteiger charge is -2.38. The van der Waals surface area contributed by atoms with Gasteiger partial charge in [0.2, 0.25) is 5.91 Å². The number of para-hydroxylation sites is 1. The summed E-state index contributed by atoms with van der Waals surface area (Å²) in [6.07, 6.45) is -0.106. The van der Waals surface area contributed by atoms with Gasteiger partial charge < -0.3 is 33.5 Å². The molecule has 2 unspecified atom stereocenters. The Balaban J connectivity index is 1.44. The minimum atomic E-state index is -0.972. The molecular weight excluding hydrogens is 524 g/mol. The molecule has 1 aromatic heterocycles. The Labute approximate surface area is 231 Å². The monoisotopic (exact) mass is 554 g/mol. The number of aromatic nitrogens is 1. The maximum atomic E-state index is 12.8. The highest BCUT2D eigenvalue weighted by molar-refractivity contribution is 6.30. The molecule has 2 aliphatic heterocycles. The van der Waals surface area contributed by atoms with Crippen LogP contribution < -0.4 is 9.47 Å². The van der Waals surface area contributed by atoms with Crippen molar-refractivity contribution in [2.45, 2.75) is 31.2 Å². The topological polar surface area (TPSA) is 99.5 Å². The van der Waals surface area contributed by atoms with Gasteiger partial charge >= 0.3 is 5.97 Å². The van der Waals surface area contributed by atoms with Crippen molar-refractivity contribution < 1.29 is 33.6 Å². The van der Waals surface area contributed by atoms with Crippen LogP contribution in [0.5, 0.6) is 11.5 Å². The third-order valence-corrected chi connectivity index (χ3v) is 7.56. The number of rotatable bonds is 8. The van der Waals surface area contributed by atoms with Gasteiger partial charge in [0.05, 0.1) is 51.2 Å². The van der Waals surface area contributed by atoms with Gasteiger partial charge in [-0.2, -0.15) is 0 Å². The zero-order valence-electron chi connectivity index (χ0n) is 22.0. The zero-order chi connectivity index (χ0) is 27.7. The van der Waals surface area contributed by atoms with Crippen molar-refractivity contribution in [1.82, 2.24) is 9.47 Å². The van der Waals surface area contributed by atoms with Gasteiger partial charge in [-0.3, -0.25) is 9.59 Å². The summed E-state index contributed by atoms with van der Waals surface area (Å²) in [5.74, 6) is 0.245. The smallest absolute Gasteiger partial charge is 0.312 e. The van der Waals surface area contributed by atoms with Gasteiger partial charge in [-0.25, -0.2) is 0 Å². The zero-order valence-corrected chi connectivity index (χ0v) is 22.8. The number of halogens is 1. The molecule has 3 aromatic rings. The van der Waals surface area contributed by atoms with Gasteiger partial charge in [-0.1, -0.05) is 23.7 Å². The van der Waals surface area contributed by atoms with E-state index in [9.17, 15) is 14.7 Å². The molecule has 1 fully saturated rings. The Morgan fingerprint density at radius 2 is 1.87 bits per heavy atom. The van der Waals surface area contributed by atoms with Crippen molar-refractivity contribution in [2.75, 3.05) is 34.4 Å². The van der Waals surface area contributed by atoms with Crippen LogP contribution in [0.3, 0.4) is 0 Å². The number of aliphatic hydroxyl groups is 1. The number of esters is 1. The molecule has 3 atom stereocenters. The molecule has 0 aliphatic carbocycles.